The Labute approximate surface area is 120 Å². The molecule has 0 spiro atoms. The van der Waals surface area contributed by atoms with Crippen molar-refractivity contribution in [1.82, 2.24) is 0 Å². The van der Waals surface area contributed by atoms with Gasteiger partial charge in [-0.25, -0.2) is 0 Å². The van der Waals surface area contributed by atoms with Crippen LogP contribution in [0.3, 0.4) is 0 Å². The number of aryl methyl sites for hydroxylation is 2. The van der Waals surface area contributed by atoms with Crippen LogP contribution in [0.4, 0.5) is 0 Å². The number of hydrogen-bond donors (Lipinski definition) is 0. The molecule has 0 saturated heterocycles. The van der Waals surface area contributed by atoms with Gasteiger partial charge in [0.1, 0.15) is 11.5 Å². The van der Waals surface area contributed by atoms with E-state index in [1.807, 2.05) is 0 Å². The number of hydrogen-bond acceptors (Lipinski definition) is 1. The van der Waals surface area contributed by atoms with Gasteiger partial charge in [0.05, 0.1) is 0 Å². The minimum atomic E-state index is 0.991. The van der Waals surface area contributed by atoms with Crippen molar-refractivity contribution in [2.75, 3.05) is 0 Å². The lowest BCUT2D eigenvalue weighted by Gasteiger charge is -2.08. The second kappa shape index (κ2) is 5.54. The summed E-state index contributed by atoms with van der Waals surface area (Å²) in [6.45, 7) is 4.36. The third kappa shape index (κ3) is 2.36. The molecule has 0 aliphatic carbocycles. The van der Waals surface area contributed by atoms with Crippen molar-refractivity contribution in [1.29, 1.82) is 0 Å². The lowest BCUT2D eigenvalue weighted by atomic mass is 9.98. The molecule has 0 amide bonds. The predicted octanol–water partition coefficient (Wildman–Crippen LogP) is 5.75. The van der Waals surface area contributed by atoms with E-state index in [9.17, 15) is 0 Å². The van der Waals surface area contributed by atoms with Crippen LogP contribution in [0.2, 0.25) is 0 Å². The molecule has 2 aromatic carbocycles. The summed E-state index contributed by atoms with van der Waals surface area (Å²) >= 11 is 0. The summed E-state index contributed by atoms with van der Waals surface area (Å²) in [5.41, 5.74) is 2.49. The van der Waals surface area contributed by atoms with Gasteiger partial charge >= 0.3 is 0 Å². The van der Waals surface area contributed by atoms with Crippen LogP contribution in [0.1, 0.15) is 31.1 Å². The maximum atomic E-state index is 6.06. The smallest absolute Gasteiger partial charge is 0.135 e. The highest BCUT2D eigenvalue weighted by molar-refractivity contribution is 5.97. The van der Waals surface area contributed by atoms with Crippen molar-refractivity contribution in [3.63, 3.8) is 0 Å². The van der Waals surface area contributed by atoms with Gasteiger partial charge < -0.3 is 4.42 Å². The molecule has 3 aromatic rings. The van der Waals surface area contributed by atoms with E-state index in [1.54, 1.807) is 0 Å². The van der Waals surface area contributed by atoms with Crippen LogP contribution < -0.4 is 0 Å². The largest absolute Gasteiger partial charge is 0.461 e. The lowest BCUT2D eigenvalue weighted by molar-refractivity contribution is 0.512. The fraction of sp³-hybridized carbons (Fsp3) is 0.263. The van der Waals surface area contributed by atoms with E-state index < -0.39 is 0 Å². The highest BCUT2D eigenvalue weighted by Crippen LogP contribution is 2.33. The first-order chi connectivity index (χ1) is 9.79. The Bertz CT molecular complexity index is 721. The van der Waals surface area contributed by atoms with E-state index in [4.69, 9.17) is 4.42 Å². The molecule has 1 nitrogen and oxygen atoms in total. The van der Waals surface area contributed by atoms with E-state index >= 15 is 0 Å². The summed E-state index contributed by atoms with van der Waals surface area (Å²) in [7, 11) is 0. The molecule has 0 N–H and O–H groups in total. The first-order valence-electron chi connectivity index (χ1n) is 7.37. The molecule has 0 unspecified atom stereocenters. The Kier molecular flexibility index (Phi) is 3.60. The van der Waals surface area contributed by atoms with Crippen LogP contribution in [-0.2, 0) is 6.42 Å². The molecule has 0 fully saturated rings. The molecule has 1 heterocycles. The average Bonchev–Trinajstić information content (AvgIpc) is 2.93. The van der Waals surface area contributed by atoms with Gasteiger partial charge in [-0.1, -0.05) is 49.7 Å². The highest BCUT2D eigenvalue weighted by Gasteiger charge is 2.11. The topological polar surface area (TPSA) is 13.1 Å². The van der Waals surface area contributed by atoms with Gasteiger partial charge in [0.25, 0.3) is 0 Å². The van der Waals surface area contributed by atoms with Crippen LogP contribution in [0.25, 0.3) is 22.1 Å². The van der Waals surface area contributed by atoms with Crippen LogP contribution >= 0.6 is 0 Å². The Morgan fingerprint density at radius 1 is 0.950 bits per heavy atom. The first-order valence-corrected chi connectivity index (χ1v) is 7.37. The molecule has 1 heteroatoms. The summed E-state index contributed by atoms with van der Waals surface area (Å²) < 4.78 is 6.06. The zero-order valence-corrected chi connectivity index (χ0v) is 12.1. The van der Waals surface area contributed by atoms with E-state index in [-0.39, 0.29) is 0 Å². The molecular formula is C19H20O. The SMILES string of the molecule is CCCCc1ccc(-c2c(C)ccc3ccccc23)o1. The standard InChI is InChI=1S/C19H20O/c1-3-4-8-16-12-13-18(20-16)19-14(2)10-11-15-7-5-6-9-17(15)19/h5-7,9-13H,3-4,8H2,1-2H3. The number of rotatable bonds is 4. The maximum absolute atomic E-state index is 6.06. The monoisotopic (exact) mass is 264 g/mol. The Morgan fingerprint density at radius 2 is 1.80 bits per heavy atom. The zero-order chi connectivity index (χ0) is 13.9. The first kappa shape index (κ1) is 13.0. The molecule has 0 radical (unpaired) electrons. The van der Waals surface area contributed by atoms with E-state index in [1.165, 1.54) is 34.7 Å². The molecule has 0 aliphatic rings. The van der Waals surface area contributed by atoms with E-state index in [0.29, 0.717) is 0 Å². The van der Waals surface area contributed by atoms with Crippen molar-refractivity contribution >= 4 is 10.8 Å². The molecule has 0 aliphatic heterocycles. The Balaban J connectivity index is 2.09. The summed E-state index contributed by atoms with van der Waals surface area (Å²) in [5.74, 6) is 2.08. The minimum absolute atomic E-state index is 0.991. The van der Waals surface area contributed by atoms with Crippen molar-refractivity contribution in [2.45, 2.75) is 33.1 Å². The zero-order valence-electron chi connectivity index (χ0n) is 12.1. The molecule has 0 atom stereocenters. The van der Waals surface area contributed by atoms with Gasteiger partial charge in [-0.3, -0.25) is 0 Å². The molecule has 102 valence electrons. The van der Waals surface area contributed by atoms with E-state index in [2.05, 4.69) is 62.4 Å². The average molecular weight is 264 g/mol. The summed E-state index contributed by atoms with van der Waals surface area (Å²) in [6.07, 6.45) is 3.41. The number of fused-ring (bicyclic) bond motifs is 1. The summed E-state index contributed by atoms with van der Waals surface area (Å²) in [6, 6.07) is 17.1. The number of furan rings is 1. The van der Waals surface area contributed by atoms with Crippen molar-refractivity contribution in [2.24, 2.45) is 0 Å². The maximum Gasteiger partial charge on any atom is 0.135 e. The normalized spacial score (nSPS) is 11.1. The molecule has 3 rings (SSSR count). The highest BCUT2D eigenvalue weighted by atomic mass is 16.3. The van der Waals surface area contributed by atoms with Crippen LogP contribution in [0.15, 0.2) is 52.9 Å². The minimum Gasteiger partial charge on any atom is -0.461 e. The van der Waals surface area contributed by atoms with Gasteiger partial charge in [-0.05, 0) is 41.8 Å². The fourth-order valence-corrected chi connectivity index (χ4v) is 2.71. The molecule has 0 bridgehead atoms. The molecule has 20 heavy (non-hydrogen) atoms. The third-order valence-electron chi connectivity index (χ3n) is 3.82. The second-order valence-electron chi connectivity index (χ2n) is 5.35. The summed E-state index contributed by atoms with van der Waals surface area (Å²) in [4.78, 5) is 0. The van der Waals surface area contributed by atoms with Gasteiger partial charge in [0.15, 0.2) is 0 Å². The van der Waals surface area contributed by atoms with Crippen LogP contribution in [0.5, 0.6) is 0 Å². The van der Waals surface area contributed by atoms with Crippen molar-refractivity contribution < 1.29 is 4.42 Å². The van der Waals surface area contributed by atoms with Crippen molar-refractivity contribution in [3.05, 3.63) is 59.9 Å². The summed E-state index contributed by atoms with van der Waals surface area (Å²) in [5, 5.41) is 2.53. The van der Waals surface area contributed by atoms with E-state index in [0.717, 1.165) is 17.9 Å². The Hall–Kier alpha value is -2.02. The Morgan fingerprint density at radius 3 is 2.65 bits per heavy atom. The third-order valence-corrected chi connectivity index (χ3v) is 3.82. The molecule has 0 saturated carbocycles. The fourth-order valence-electron chi connectivity index (χ4n) is 2.71. The molecule has 1 aromatic heterocycles. The number of benzene rings is 2. The quantitative estimate of drug-likeness (QED) is 0.584. The van der Waals surface area contributed by atoms with Crippen LogP contribution in [0, 0.1) is 6.92 Å². The molecular weight excluding hydrogens is 244 g/mol. The number of unbranched alkanes of at least 4 members (excludes halogenated alkanes) is 1. The van der Waals surface area contributed by atoms with Crippen LogP contribution in [-0.4, -0.2) is 0 Å². The predicted molar refractivity (Wildman–Crippen MR) is 85.0 cm³/mol. The van der Waals surface area contributed by atoms with Gasteiger partial charge in [0.2, 0.25) is 0 Å². The lowest BCUT2D eigenvalue weighted by Crippen LogP contribution is -1.84. The second-order valence-corrected chi connectivity index (χ2v) is 5.35. The van der Waals surface area contributed by atoms with Gasteiger partial charge in [-0.15, -0.1) is 0 Å². The van der Waals surface area contributed by atoms with Crippen molar-refractivity contribution in [3.8, 4) is 11.3 Å². The van der Waals surface area contributed by atoms with Gasteiger partial charge in [-0.2, -0.15) is 0 Å². The van der Waals surface area contributed by atoms with Gasteiger partial charge in [0, 0.05) is 12.0 Å².